The minimum absolute atomic E-state index is 0.849. The van der Waals surface area contributed by atoms with E-state index in [1.165, 1.54) is 11.1 Å². The number of fused-ring (bicyclic) bond motifs is 1. The summed E-state index contributed by atoms with van der Waals surface area (Å²) in [4.78, 5) is 2.42. The lowest BCUT2D eigenvalue weighted by Crippen LogP contribution is -2.35. The Balaban J connectivity index is 1.76. The van der Waals surface area contributed by atoms with E-state index in [1.54, 1.807) is 0 Å². The first-order valence-corrected chi connectivity index (χ1v) is 6.28. The molecule has 4 heteroatoms. The standard InChI is InChI=1S/C13H19N3O/c14-12-8-10(7-11-1-2-15-13(11)12)9-16-3-5-17-6-4-16/h7-8,15H,1-6,9,14H2. The Morgan fingerprint density at radius 1 is 1.29 bits per heavy atom. The van der Waals surface area contributed by atoms with Crippen LogP contribution in [0.1, 0.15) is 11.1 Å². The number of hydrogen-bond donors (Lipinski definition) is 2. The molecule has 92 valence electrons. The second kappa shape index (κ2) is 4.55. The van der Waals surface area contributed by atoms with E-state index < -0.39 is 0 Å². The van der Waals surface area contributed by atoms with E-state index >= 15 is 0 Å². The Kier molecular flexibility index (Phi) is 2.91. The van der Waals surface area contributed by atoms with Crippen molar-refractivity contribution in [1.29, 1.82) is 0 Å². The highest BCUT2D eigenvalue weighted by atomic mass is 16.5. The zero-order valence-corrected chi connectivity index (χ0v) is 10.0. The van der Waals surface area contributed by atoms with Gasteiger partial charge in [0, 0.05) is 26.2 Å². The van der Waals surface area contributed by atoms with Crippen molar-refractivity contribution in [3.05, 3.63) is 23.3 Å². The van der Waals surface area contributed by atoms with Crippen LogP contribution in [0.25, 0.3) is 0 Å². The van der Waals surface area contributed by atoms with Gasteiger partial charge in [-0.2, -0.15) is 0 Å². The van der Waals surface area contributed by atoms with E-state index in [2.05, 4.69) is 22.3 Å². The van der Waals surface area contributed by atoms with Crippen LogP contribution in [-0.4, -0.2) is 37.7 Å². The first-order chi connectivity index (χ1) is 8.33. The summed E-state index contributed by atoms with van der Waals surface area (Å²) in [5.74, 6) is 0. The number of benzene rings is 1. The molecule has 0 spiro atoms. The maximum Gasteiger partial charge on any atom is 0.0607 e. The molecule has 3 rings (SSSR count). The van der Waals surface area contributed by atoms with Crippen LogP contribution in [0.5, 0.6) is 0 Å². The number of nitrogens with zero attached hydrogens (tertiary/aromatic N) is 1. The zero-order chi connectivity index (χ0) is 11.7. The molecule has 1 aromatic carbocycles. The monoisotopic (exact) mass is 233 g/mol. The second-order valence-electron chi connectivity index (χ2n) is 4.78. The van der Waals surface area contributed by atoms with Gasteiger partial charge in [-0.25, -0.2) is 0 Å². The smallest absolute Gasteiger partial charge is 0.0607 e. The lowest BCUT2D eigenvalue weighted by atomic mass is 10.1. The van der Waals surface area contributed by atoms with Crippen LogP contribution in [0.2, 0.25) is 0 Å². The van der Waals surface area contributed by atoms with Gasteiger partial charge >= 0.3 is 0 Å². The van der Waals surface area contributed by atoms with Crippen LogP contribution in [0.3, 0.4) is 0 Å². The molecule has 0 aliphatic carbocycles. The molecule has 2 aliphatic heterocycles. The summed E-state index contributed by atoms with van der Waals surface area (Å²) in [6, 6.07) is 4.40. The molecule has 2 heterocycles. The van der Waals surface area contributed by atoms with Gasteiger partial charge < -0.3 is 15.8 Å². The summed E-state index contributed by atoms with van der Waals surface area (Å²) in [5, 5.41) is 3.34. The van der Waals surface area contributed by atoms with Gasteiger partial charge in [0.2, 0.25) is 0 Å². The number of nitrogens with one attached hydrogen (secondary N) is 1. The molecule has 17 heavy (non-hydrogen) atoms. The summed E-state index contributed by atoms with van der Waals surface area (Å²) in [7, 11) is 0. The predicted molar refractivity (Wildman–Crippen MR) is 69.1 cm³/mol. The molecule has 0 saturated carbocycles. The van der Waals surface area contributed by atoms with Gasteiger partial charge in [-0.1, -0.05) is 6.07 Å². The van der Waals surface area contributed by atoms with Crippen molar-refractivity contribution in [3.8, 4) is 0 Å². The quantitative estimate of drug-likeness (QED) is 0.750. The van der Waals surface area contributed by atoms with Crippen LogP contribution < -0.4 is 11.1 Å². The molecule has 1 fully saturated rings. The van der Waals surface area contributed by atoms with Gasteiger partial charge in [0.25, 0.3) is 0 Å². The molecule has 0 bridgehead atoms. The third-order valence-corrected chi connectivity index (χ3v) is 3.52. The van der Waals surface area contributed by atoms with Crippen molar-refractivity contribution in [1.82, 2.24) is 4.90 Å². The SMILES string of the molecule is Nc1cc(CN2CCOCC2)cc2c1NCC2. The normalized spacial score (nSPS) is 20.0. The van der Waals surface area contributed by atoms with Gasteiger partial charge in [0.15, 0.2) is 0 Å². The average molecular weight is 233 g/mol. The van der Waals surface area contributed by atoms with Crippen molar-refractivity contribution in [2.24, 2.45) is 0 Å². The van der Waals surface area contributed by atoms with Crippen LogP contribution in [0.4, 0.5) is 11.4 Å². The van der Waals surface area contributed by atoms with Crippen molar-refractivity contribution in [3.63, 3.8) is 0 Å². The lowest BCUT2D eigenvalue weighted by molar-refractivity contribution is 0.0342. The molecule has 0 amide bonds. The number of nitrogen functional groups attached to an aromatic ring is 1. The van der Waals surface area contributed by atoms with E-state index in [0.29, 0.717) is 0 Å². The van der Waals surface area contributed by atoms with Gasteiger partial charge in [-0.05, 0) is 23.6 Å². The summed E-state index contributed by atoms with van der Waals surface area (Å²) in [6.07, 6.45) is 1.09. The highest BCUT2D eigenvalue weighted by Gasteiger charge is 2.16. The van der Waals surface area contributed by atoms with Crippen LogP contribution in [0.15, 0.2) is 12.1 Å². The number of anilines is 2. The molecule has 3 N–H and O–H groups in total. The highest BCUT2D eigenvalue weighted by Crippen LogP contribution is 2.30. The van der Waals surface area contributed by atoms with Crippen LogP contribution >= 0.6 is 0 Å². The molecule has 2 aliphatic rings. The van der Waals surface area contributed by atoms with E-state index in [9.17, 15) is 0 Å². The Bertz CT molecular complexity index is 413. The predicted octanol–water partition coefficient (Wildman–Crippen LogP) is 1.07. The summed E-state index contributed by atoms with van der Waals surface area (Å²) in [5.41, 5.74) is 10.8. The molecular weight excluding hydrogens is 214 g/mol. The molecule has 0 unspecified atom stereocenters. The van der Waals surface area contributed by atoms with Crippen LogP contribution in [-0.2, 0) is 17.7 Å². The first kappa shape index (κ1) is 10.9. The molecule has 0 atom stereocenters. The fourth-order valence-corrected chi connectivity index (χ4v) is 2.64. The fraction of sp³-hybridized carbons (Fsp3) is 0.538. The molecule has 1 saturated heterocycles. The molecule has 4 nitrogen and oxygen atoms in total. The van der Waals surface area contributed by atoms with Crippen molar-refractivity contribution in [2.45, 2.75) is 13.0 Å². The topological polar surface area (TPSA) is 50.5 Å². The van der Waals surface area contributed by atoms with Gasteiger partial charge in [0.1, 0.15) is 0 Å². The Morgan fingerprint density at radius 3 is 2.94 bits per heavy atom. The van der Waals surface area contributed by atoms with E-state index in [-0.39, 0.29) is 0 Å². The van der Waals surface area contributed by atoms with E-state index in [4.69, 9.17) is 10.5 Å². The summed E-state index contributed by atoms with van der Waals surface area (Å²) in [6.45, 7) is 5.75. The third-order valence-electron chi connectivity index (χ3n) is 3.52. The number of hydrogen-bond acceptors (Lipinski definition) is 4. The number of morpholine rings is 1. The third kappa shape index (κ3) is 2.23. The first-order valence-electron chi connectivity index (χ1n) is 6.28. The van der Waals surface area contributed by atoms with Crippen LogP contribution in [0, 0.1) is 0 Å². The highest BCUT2D eigenvalue weighted by molar-refractivity contribution is 5.73. The fourth-order valence-electron chi connectivity index (χ4n) is 2.64. The molecular formula is C13H19N3O. The lowest BCUT2D eigenvalue weighted by Gasteiger charge is -2.26. The zero-order valence-electron chi connectivity index (χ0n) is 10.0. The van der Waals surface area contributed by atoms with Crippen molar-refractivity contribution < 1.29 is 4.74 Å². The van der Waals surface area contributed by atoms with Crippen molar-refractivity contribution >= 4 is 11.4 Å². The van der Waals surface area contributed by atoms with E-state index in [1.807, 2.05) is 0 Å². The van der Waals surface area contributed by atoms with Gasteiger partial charge in [-0.3, -0.25) is 4.90 Å². The van der Waals surface area contributed by atoms with Gasteiger partial charge in [-0.15, -0.1) is 0 Å². The average Bonchev–Trinajstić information content (AvgIpc) is 2.79. The van der Waals surface area contributed by atoms with Crippen molar-refractivity contribution in [2.75, 3.05) is 43.9 Å². The number of ether oxygens (including phenoxy) is 1. The summed E-state index contributed by atoms with van der Waals surface area (Å²) < 4.78 is 5.36. The Morgan fingerprint density at radius 2 is 2.12 bits per heavy atom. The number of nitrogens with two attached hydrogens (primary N) is 1. The minimum Gasteiger partial charge on any atom is -0.397 e. The minimum atomic E-state index is 0.849. The maximum atomic E-state index is 6.07. The number of rotatable bonds is 2. The Hall–Kier alpha value is -1.26. The second-order valence-corrected chi connectivity index (χ2v) is 4.78. The Labute approximate surface area is 102 Å². The van der Waals surface area contributed by atoms with Gasteiger partial charge in [0.05, 0.1) is 24.6 Å². The van der Waals surface area contributed by atoms with E-state index in [0.717, 1.165) is 57.2 Å². The maximum absolute atomic E-state index is 6.07. The molecule has 0 aromatic heterocycles. The largest absolute Gasteiger partial charge is 0.397 e. The molecule has 0 radical (unpaired) electrons. The summed E-state index contributed by atoms with van der Waals surface area (Å²) >= 11 is 0. The molecule has 1 aromatic rings.